The standard InChI is InChI=1S/C31H38N4O6/c1-18(2)14-19(3)29(39)33-20(4)31(41)35(5)27(15-22-17-32-25-9-7-6-8-24(22)25)30(40)34-26(16-28(37)38)21-10-12-23(36)13-11-21/h6-13,17,19-20,26-27,32,36H,1,14-16H2,2-5H3,(H,33,39)(H,34,40)(H,37,38)/t19-,20-,26+,27+/m0/s1. The number of carboxylic acid groups (broad SMARTS) is 1. The fraction of sp³-hybridized carbons (Fsp3) is 0.355. The summed E-state index contributed by atoms with van der Waals surface area (Å²) in [5.74, 6) is -2.82. The third-order valence-corrected chi connectivity index (χ3v) is 7.03. The molecule has 0 radical (unpaired) electrons. The van der Waals surface area contributed by atoms with Crippen LogP contribution in [0.3, 0.4) is 0 Å². The Bertz CT molecular complexity index is 1410. The molecule has 3 rings (SSSR count). The van der Waals surface area contributed by atoms with Gasteiger partial charge in [-0.1, -0.05) is 42.8 Å². The summed E-state index contributed by atoms with van der Waals surface area (Å²) in [5.41, 5.74) is 3.01. The molecule has 10 nitrogen and oxygen atoms in total. The van der Waals surface area contributed by atoms with Crippen LogP contribution >= 0.6 is 0 Å². The van der Waals surface area contributed by atoms with Gasteiger partial charge in [0.2, 0.25) is 17.7 Å². The van der Waals surface area contributed by atoms with E-state index in [4.69, 9.17) is 0 Å². The summed E-state index contributed by atoms with van der Waals surface area (Å²) in [5, 5.41) is 25.6. The first kappa shape index (κ1) is 30.9. The van der Waals surface area contributed by atoms with Crippen molar-refractivity contribution in [2.24, 2.45) is 5.92 Å². The second kappa shape index (κ2) is 13.6. The average molecular weight is 563 g/mol. The molecule has 0 bridgehead atoms. The van der Waals surface area contributed by atoms with Crippen LogP contribution in [-0.4, -0.2) is 62.9 Å². The number of nitrogens with zero attached hydrogens (tertiary/aromatic N) is 1. The lowest BCUT2D eigenvalue weighted by atomic mass is 9.99. The number of amides is 3. The van der Waals surface area contributed by atoms with E-state index in [0.29, 0.717) is 12.0 Å². The number of carboxylic acids is 1. The zero-order valence-corrected chi connectivity index (χ0v) is 23.8. The first-order chi connectivity index (χ1) is 19.4. The SMILES string of the molecule is C=C(C)C[C@H](C)C(=O)N[C@@H](C)C(=O)N(C)[C@H](Cc1c[nH]c2ccccc12)C(=O)N[C@H](CC(=O)O)c1ccc(O)cc1. The molecular formula is C31H38N4O6. The minimum atomic E-state index is -1.12. The Morgan fingerprint density at radius 1 is 0.976 bits per heavy atom. The molecule has 218 valence electrons. The Labute approximate surface area is 239 Å². The van der Waals surface area contributed by atoms with Crippen LogP contribution in [0.15, 0.2) is 66.9 Å². The number of H-pyrrole nitrogens is 1. The predicted molar refractivity (Wildman–Crippen MR) is 156 cm³/mol. The lowest BCUT2D eigenvalue weighted by Crippen LogP contribution is -2.55. The zero-order chi connectivity index (χ0) is 30.3. The number of fused-ring (bicyclic) bond motifs is 1. The van der Waals surface area contributed by atoms with Gasteiger partial charge in [-0.2, -0.15) is 0 Å². The second-order valence-electron chi connectivity index (χ2n) is 10.6. The van der Waals surface area contributed by atoms with Crippen LogP contribution in [0, 0.1) is 5.92 Å². The third kappa shape index (κ3) is 8.20. The van der Waals surface area contributed by atoms with Gasteiger partial charge in [-0.05, 0) is 49.6 Å². The Kier molecular flexibility index (Phi) is 10.3. The smallest absolute Gasteiger partial charge is 0.305 e. The van der Waals surface area contributed by atoms with Crippen molar-refractivity contribution >= 4 is 34.6 Å². The van der Waals surface area contributed by atoms with Crippen molar-refractivity contribution in [1.82, 2.24) is 20.5 Å². The van der Waals surface area contributed by atoms with E-state index >= 15 is 0 Å². The van der Waals surface area contributed by atoms with Crippen LogP contribution in [0.4, 0.5) is 0 Å². The summed E-state index contributed by atoms with van der Waals surface area (Å²) in [4.78, 5) is 56.1. The highest BCUT2D eigenvalue weighted by Crippen LogP contribution is 2.23. The van der Waals surface area contributed by atoms with Gasteiger partial charge >= 0.3 is 5.97 Å². The number of aliphatic carboxylic acids is 1. The second-order valence-corrected chi connectivity index (χ2v) is 10.6. The van der Waals surface area contributed by atoms with Crippen molar-refractivity contribution in [2.75, 3.05) is 7.05 Å². The Morgan fingerprint density at radius 3 is 2.27 bits per heavy atom. The van der Waals surface area contributed by atoms with Crippen molar-refractivity contribution in [3.8, 4) is 5.75 Å². The Hall–Kier alpha value is -4.60. The van der Waals surface area contributed by atoms with E-state index in [9.17, 15) is 29.4 Å². The van der Waals surface area contributed by atoms with Crippen LogP contribution in [-0.2, 0) is 25.6 Å². The van der Waals surface area contributed by atoms with E-state index in [2.05, 4.69) is 22.2 Å². The monoisotopic (exact) mass is 562 g/mol. The molecule has 0 aliphatic carbocycles. The number of benzene rings is 2. The normalized spacial score (nSPS) is 14.0. The highest BCUT2D eigenvalue weighted by Gasteiger charge is 2.33. The summed E-state index contributed by atoms with van der Waals surface area (Å²) in [7, 11) is 1.49. The fourth-order valence-electron chi connectivity index (χ4n) is 4.81. The van der Waals surface area contributed by atoms with Crippen LogP contribution in [0.2, 0.25) is 0 Å². The van der Waals surface area contributed by atoms with E-state index in [-0.39, 0.29) is 24.0 Å². The molecule has 1 heterocycles. The Morgan fingerprint density at radius 2 is 1.63 bits per heavy atom. The number of likely N-dealkylation sites (N-methyl/N-ethyl adjacent to an activating group) is 1. The van der Waals surface area contributed by atoms with Crippen molar-refractivity contribution in [3.63, 3.8) is 0 Å². The maximum atomic E-state index is 13.8. The van der Waals surface area contributed by atoms with E-state index in [1.807, 2.05) is 31.2 Å². The number of rotatable bonds is 13. The van der Waals surface area contributed by atoms with E-state index < -0.39 is 42.3 Å². The largest absolute Gasteiger partial charge is 0.508 e. The molecule has 4 atom stereocenters. The van der Waals surface area contributed by atoms with Crippen molar-refractivity contribution < 1.29 is 29.4 Å². The summed E-state index contributed by atoms with van der Waals surface area (Å²) >= 11 is 0. The van der Waals surface area contributed by atoms with Crippen molar-refractivity contribution in [2.45, 2.75) is 58.2 Å². The van der Waals surface area contributed by atoms with Crippen LogP contribution in [0.1, 0.15) is 50.8 Å². The summed E-state index contributed by atoms with van der Waals surface area (Å²) in [6, 6.07) is 10.6. The van der Waals surface area contributed by atoms with Gasteiger partial charge in [0.25, 0.3) is 0 Å². The molecule has 0 saturated heterocycles. The van der Waals surface area contributed by atoms with Gasteiger partial charge in [0.15, 0.2) is 0 Å². The number of phenolic OH excluding ortho intramolecular Hbond substituents is 1. The number of nitrogens with one attached hydrogen (secondary N) is 3. The number of aromatic amines is 1. The molecule has 0 aliphatic rings. The maximum absolute atomic E-state index is 13.8. The highest BCUT2D eigenvalue weighted by atomic mass is 16.4. The van der Waals surface area contributed by atoms with E-state index in [0.717, 1.165) is 22.0 Å². The predicted octanol–water partition coefficient (Wildman–Crippen LogP) is 3.68. The molecule has 10 heteroatoms. The number of aromatic hydroxyl groups is 1. The minimum absolute atomic E-state index is 0.00491. The summed E-state index contributed by atoms with van der Waals surface area (Å²) < 4.78 is 0. The molecule has 3 aromatic rings. The average Bonchev–Trinajstić information content (AvgIpc) is 3.33. The molecule has 0 unspecified atom stereocenters. The van der Waals surface area contributed by atoms with Crippen LogP contribution in [0.25, 0.3) is 10.9 Å². The first-order valence-corrected chi connectivity index (χ1v) is 13.4. The molecule has 0 aliphatic heterocycles. The van der Waals surface area contributed by atoms with Crippen molar-refractivity contribution in [3.05, 3.63) is 78.0 Å². The van der Waals surface area contributed by atoms with Crippen LogP contribution in [0.5, 0.6) is 5.75 Å². The van der Waals surface area contributed by atoms with Gasteiger partial charge in [-0.15, -0.1) is 6.58 Å². The summed E-state index contributed by atoms with van der Waals surface area (Å²) in [6.07, 6.45) is 2.00. The lowest BCUT2D eigenvalue weighted by molar-refractivity contribution is -0.142. The van der Waals surface area contributed by atoms with Gasteiger partial charge in [0.05, 0.1) is 12.5 Å². The number of aromatic nitrogens is 1. The molecule has 0 spiro atoms. The fourth-order valence-corrected chi connectivity index (χ4v) is 4.81. The molecule has 0 saturated carbocycles. The van der Waals surface area contributed by atoms with Gasteiger partial charge in [-0.3, -0.25) is 19.2 Å². The summed E-state index contributed by atoms with van der Waals surface area (Å²) in [6.45, 7) is 8.98. The minimum Gasteiger partial charge on any atom is -0.508 e. The number of para-hydroxylation sites is 1. The molecule has 5 N–H and O–H groups in total. The molecule has 1 aromatic heterocycles. The number of allylic oxidation sites excluding steroid dienone is 1. The number of carbonyl (C=O) groups is 4. The molecule has 41 heavy (non-hydrogen) atoms. The molecule has 0 fully saturated rings. The third-order valence-electron chi connectivity index (χ3n) is 7.03. The topological polar surface area (TPSA) is 152 Å². The van der Waals surface area contributed by atoms with Gasteiger partial charge < -0.3 is 30.7 Å². The number of hydrogen-bond donors (Lipinski definition) is 5. The zero-order valence-electron chi connectivity index (χ0n) is 23.8. The first-order valence-electron chi connectivity index (χ1n) is 13.4. The number of phenols is 1. The Balaban J connectivity index is 1.89. The molecule has 3 amide bonds. The van der Waals surface area contributed by atoms with Gasteiger partial charge in [0.1, 0.15) is 17.8 Å². The quantitative estimate of drug-likeness (QED) is 0.201. The molecule has 2 aromatic carbocycles. The van der Waals surface area contributed by atoms with Crippen LogP contribution < -0.4 is 10.6 Å². The maximum Gasteiger partial charge on any atom is 0.305 e. The highest BCUT2D eigenvalue weighted by molar-refractivity contribution is 5.93. The van der Waals surface area contributed by atoms with Gasteiger partial charge in [0, 0.05) is 36.5 Å². The van der Waals surface area contributed by atoms with E-state index in [1.165, 1.54) is 36.2 Å². The molecular weight excluding hydrogens is 524 g/mol. The van der Waals surface area contributed by atoms with E-state index in [1.54, 1.807) is 20.0 Å². The van der Waals surface area contributed by atoms with Gasteiger partial charge in [-0.25, -0.2) is 0 Å². The van der Waals surface area contributed by atoms with Crippen molar-refractivity contribution in [1.29, 1.82) is 0 Å². The lowest BCUT2D eigenvalue weighted by Gasteiger charge is -2.31. The number of hydrogen-bond acceptors (Lipinski definition) is 5. The number of carbonyl (C=O) groups excluding carboxylic acids is 3.